The van der Waals surface area contributed by atoms with Crippen LogP contribution in [-0.2, 0) is 36.3 Å². The van der Waals surface area contributed by atoms with Crippen LogP contribution in [-0.4, -0.2) is 59.3 Å². The van der Waals surface area contributed by atoms with Gasteiger partial charge in [0, 0.05) is 18.2 Å². The van der Waals surface area contributed by atoms with Crippen molar-refractivity contribution in [3.05, 3.63) is 45.3 Å². The molecule has 1 aromatic rings. The Balaban J connectivity index is 2.21. The van der Waals surface area contributed by atoms with Crippen LogP contribution in [0.2, 0.25) is 0 Å². The van der Waals surface area contributed by atoms with E-state index in [0.29, 0.717) is 0 Å². The summed E-state index contributed by atoms with van der Waals surface area (Å²) in [7, 11) is -16.8. The Morgan fingerprint density at radius 2 is 1.88 bits per heavy atom. The summed E-state index contributed by atoms with van der Waals surface area (Å²) in [4.78, 5) is 61.6. The second kappa shape index (κ2) is 10.1. The van der Waals surface area contributed by atoms with Crippen molar-refractivity contribution in [2.75, 3.05) is 13.2 Å². The first kappa shape index (κ1) is 28.0. The SMILES string of the molecule is C=CCO[C@]1(O)C[C@H](n2cc(C)c(=O)[nH]c2=O)O[C@@H]1COP(=O)(O)OP(=O)(O)OP(=O)(O)O. The molecular weight excluding hydrogens is 517 g/mol. The standard InChI is InChI=1S/C13H21N2O15P3/c1-3-4-26-13(18)5-10(15-6-8(2)11(16)14-12(15)17)28-9(13)7-27-32(22,23)30-33(24,25)29-31(19,20)21/h3,6,9-10,18H,1,4-5,7H2,2H3,(H,22,23)(H,24,25)(H,14,16,17)(H2,19,20,21)/t9-,10-,13-/m1/s1. The summed E-state index contributed by atoms with van der Waals surface area (Å²) >= 11 is 0. The molecule has 17 nitrogen and oxygen atoms in total. The van der Waals surface area contributed by atoms with Crippen LogP contribution in [0.3, 0.4) is 0 Å². The predicted octanol–water partition coefficient (Wildman–Crippen LogP) is -0.633. The Morgan fingerprint density at radius 1 is 1.24 bits per heavy atom. The van der Waals surface area contributed by atoms with Gasteiger partial charge in [-0.05, 0) is 6.92 Å². The van der Waals surface area contributed by atoms with Gasteiger partial charge in [-0.3, -0.25) is 18.9 Å². The first-order valence-electron chi connectivity index (χ1n) is 8.70. The fourth-order valence-corrected chi connectivity index (χ4v) is 5.70. The number of nitrogens with one attached hydrogen (secondary N) is 1. The van der Waals surface area contributed by atoms with E-state index in [9.17, 15) is 38.2 Å². The van der Waals surface area contributed by atoms with Gasteiger partial charge in [0.1, 0.15) is 12.3 Å². The highest BCUT2D eigenvalue weighted by molar-refractivity contribution is 7.66. The summed E-state index contributed by atoms with van der Waals surface area (Å²) in [5.41, 5.74) is -1.42. The molecule has 33 heavy (non-hydrogen) atoms. The van der Waals surface area contributed by atoms with Gasteiger partial charge in [-0.2, -0.15) is 8.62 Å². The van der Waals surface area contributed by atoms with Gasteiger partial charge >= 0.3 is 29.2 Å². The highest BCUT2D eigenvalue weighted by atomic mass is 31.3. The van der Waals surface area contributed by atoms with E-state index in [4.69, 9.17) is 19.3 Å². The van der Waals surface area contributed by atoms with Crippen LogP contribution >= 0.6 is 23.5 Å². The summed E-state index contributed by atoms with van der Waals surface area (Å²) in [6, 6.07) is 0. The molecule has 1 saturated heterocycles. The highest BCUT2D eigenvalue weighted by Gasteiger charge is 2.51. The minimum atomic E-state index is -5.75. The Morgan fingerprint density at radius 3 is 2.45 bits per heavy atom. The zero-order chi connectivity index (χ0) is 25.2. The van der Waals surface area contributed by atoms with Gasteiger partial charge < -0.3 is 34.2 Å². The molecule has 0 amide bonds. The monoisotopic (exact) mass is 538 g/mol. The number of aromatic amines is 1. The van der Waals surface area contributed by atoms with Crippen molar-refractivity contribution in [2.24, 2.45) is 0 Å². The summed E-state index contributed by atoms with van der Waals surface area (Å²) in [5, 5.41) is 10.8. The molecule has 5 atom stereocenters. The number of aliphatic hydroxyl groups is 1. The van der Waals surface area contributed by atoms with Gasteiger partial charge in [-0.15, -0.1) is 6.58 Å². The van der Waals surface area contributed by atoms with Gasteiger partial charge in [0.15, 0.2) is 5.79 Å². The molecule has 0 spiro atoms. The van der Waals surface area contributed by atoms with Crippen molar-refractivity contribution < 1.29 is 61.0 Å². The number of hydrogen-bond donors (Lipinski definition) is 6. The maximum Gasteiger partial charge on any atom is 0.490 e. The number of aryl methyl sites for hydroxylation is 1. The lowest BCUT2D eigenvalue weighted by molar-refractivity contribution is -0.229. The van der Waals surface area contributed by atoms with Crippen molar-refractivity contribution in [1.29, 1.82) is 0 Å². The number of nitrogens with zero attached hydrogens (tertiary/aromatic N) is 1. The second-order valence-corrected chi connectivity index (χ2v) is 11.0. The number of aromatic nitrogens is 2. The average Bonchev–Trinajstić information content (AvgIpc) is 2.95. The van der Waals surface area contributed by atoms with Crippen molar-refractivity contribution in [3.8, 4) is 0 Å². The fourth-order valence-electron chi connectivity index (χ4n) is 2.68. The molecule has 0 aromatic carbocycles. The molecule has 1 fully saturated rings. The first-order valence-corrected chi connectivity index (χ1v) is 13.2. The van der Waals surface area contributed by atoms with Crippen LogP contribution in [0.15, 0.2) is 28.4 Å². The normalized spacial score (nSPS) is 27.1. The number of ether oxygens (including phenoxy) is 2. The van der Waals surface area contributed by atoms with Crippen LogP contribution in [0.4, 0.5) is 0 Å². The van der Waals surface area contributed by atoms with E-state index in [2.05, 4.69) is 19.7 Å². The smallest absolute Gasteiger partial charge is 0.363 e. The van der Waals surface area contributed by atoms with Crippen molar-refractivity contribution in [1.82, 2.24) is 9.55 Å². The lowest BCUT2D eigenvalue weighted by Gasteiger charge is -2.28. The zero-order valence-corrected chi connectivity index (χ0v) is 19.4. The Labute approximate surface area is 184 Å². The van der Waals surface area contributed by atoms with Gasteiger partial charge in [-0.1, -0.05) is 6.08 Å². The average molecular weight is 538 g/mol. The van der Waals surface area contributed by atoms with Gasteiger partial charge in [0.05, 0.1) is 13.2 Å². The molecule has 0 aliphatic carbocycles. The predicted molar refractivity (Wildman–Crippen MR) is 106 cm³/mol. The van der Waals surface area contributed by atoms with Crippen LogP contribution in [0, 0.1) is 6.92 Å². The van der Waals surface area contributed by atoms with Crippen LogP contribution in [0.1, 0.15) is 18.2 Å². The Hall–Kier alpha value is -1.29. The molecule has 0 bridgehead atoms. The highest BCUT2D eigenvalue weighted by Crippen LogP contribution is 2.66. The molecule has 0 saturated carbocycles. The van der Waals surface area contributed by atoms with Gasteiger partial charge in [0.2, 0.25) is 0 Å². The lowest BCUT2D eigenvalue weighted by Crippen LogP contribution is -2.43. The number of H-pyrrole nitrogens is 1. The van der Waals surface area contributed by atoms with E-state index in [1.54, 1.807) is 0 Å². The lowest BCUT2D eigenvalue weighted by atomic mass is 10.1. The molecule has 0 radical (unpaired) electrons. The topological polar surface area (TPSA) is 253 Å². The molecular formula is C13H21N2O15P3. The van der Waals surface area contributed by atoms with Crippen LogP contribution in [0.25, 0.3) is 0 Å². The maximum absolute atomic E-state index is 12.1. The van der Waals surface area contributed by atoms with E-state index < -0.39 is 65.9 Å². The minimum absolute atomic E-state index is 0.130. The number of hydrogen-bond acceptors (Lipinski definition) is 11. The fraction of sp³-hybridized carbons (Fsp3) is 0.538. The van der Waals surface area contributed by atoms with Gasteiger partial charge in [0.25, 0.3) is 5.56 Å². The maximum atomic E-state index is 12.1. The summed E-state index contributed by atoms with van der Waals surface area (Å²) in [6.07, 6.45) is -0.897. The molecule has 20 heteroatoms. The summed E-state index contributed by atoms with van der Waals surface area (Å²) in [6.45, 7) is 3.53. The minimum Gasteiger partial charge on any atom is -0.363 e. The zero-order valence-electron chi connectivity index (χ0n) is 16.7. The van der Waals surface area contributed by atoms with E-state index in [1.165, 1.54) is 13.0 Å². The van der Waals surface area contributed by atoms with E-state index in [-0.39, 0.29) is 12.2 Å². The molecule has 2 unspecified atom stereocenters. The van der Waals surface area contributed by atoms with E-state index in [1.807, 2.05) is 4.98 Å². The van der Waals surface area contributed by atoms with Crippen molar-refractivity contribution in [2.45, 2.75) is 31.5 Å². The third-order valence-corrected chi connectivity index (χ3v) is 7.81. The van der Waals surface area contributed by atoms with Crippen LogP contribution in [0.5, 0.6) is 0 Å². The second-order valence-electron chi connectivity index (χ2n) is 6.59. The molecule has 1 aliphatic rings. The quantitative estimate of drug-likeness (QED) is 0.116. The molecule has 2 rings (SSSR count). The van der Waals surface area contributed by atoms with Gasteiger partial charge in [-0.25, -0.2) is 18.5 Å². The largest absolute Gasteiger partial charge is 0.490 e. The molecule has 2 heterocycles. The third-order valence-electron chi connectivity index (χ3n) is 4.00. The molecule has 1 aliphatic heterocycles. The Kier molecular flexibility index (Phi) is 8.59. The number of rotatable bonds is 11. The summed E-state index contributed by atoms with van der Waals surface area (Å²) < 4.78 is 57.3. The molecule has 1 aromatic heterocycles. The van der Waals surface area contributed by atoms with Crippen LogP contribution < -0.4 is 11.2 Å². The summed E-state index contributed by atoms with van der Waals surface area (Å²) in [5.74, 6) is -2.24. The first-order chi connectivity index (χ1) is 15.0. The van der Waals surface area contributed by atoms with E-state index in [0.717, 1.165) is 10.8 Å². The third kappa shape index (κ3) is 7.87. The molecule has 188 valence electrons. The Bertz CT molecular complexity index is 1140. The van der Waals surface area contributed by atoms with E-state index >= 15 is 0 Å². The van der Waals surface area contributed by atoms with Crippen molar-refractivity contribution >= 4 is 23.5 Å². The van der Waals surface area contributed by atoms with Crippen molar-refractivity contribution in [3.63, 3.8) is 0 Å². The number of phosphoric acid groups is 3. The molecule has 6 N–H and O–H groups in total. The number of phosphoric ester groups is 1.